The van der Waals surface area contributed by atoms with Gasteiger partial charge in [0.05, 0.1) is 20.3 Å². The van der Waals surface area contributed by atoms with Crippen molar-refractivity contribution >= 4 is 11.9 Å². The second kappa shape index (κ2) is 8.42. The molecule has 1 fully saturated rings. The van der Waals surface area contributed by atoms with E-state index in [1.54, 1.807) is 14.2 Å². The average Bonchev–Trinajstić information content (AvgIpc) is 3.07. The minimum absolute atomic E-state index is 0.0216. The van der Waals surface area contributed by atoms with Crippen LogP contribution in [0.1, 0.15) is 31.4 Å². The van der Waals surface area contributed by atoms with Gasteiger partial charge >= 0.3 is 6.03 Å². The summed E-state index contributed by atoms with van der Waals surface area (Å²) in [5.74, 6) is 1.34. The van der Waals surface area contributed by atoms with E-state index in [-0.39, 0.29) is 18.0 Å². The van der Waals surface area contributed by atoms with Gasteiger partial charge in [0.15, 0.2) is 0 Å². The summed E-state index contributed by atoms with van der Waals surface area (Å²) in [5.41, 5.74) is 0.979. The van der Waals surface area contributed by atoms with Gasteiger partial charge in [0.1, 0.15) is 11.5 Å². The van der Waals surface area contributed by atoms with Crippen molar-refractivity contribution in [2.45, 2.75) is 25.8 Å². The molecule has 132 valence electrons. The van der Waals surface area contributed by atoms with E-state index in [4.69, 9.17) is 9.47 Å². The molecule has 1 aliphatic heterocycles. The van der Waals surface area contributed by atoms with Gasteiger partial charge in [0.25, 0.3) is 0 Å². The summed E-state index contributed by atoms with van der Waals surface area (Å²) >= 11 is 0. The molecule has 0 spiro atoms. The van der Waals surface area contributed by atoms with Crippen molar-refractivity contribution in [3.05, 3.63) is 23.8 Å². The lowest BCUT2D eigenvalue weighted by Gasteiger charge is -2.26. The molecule has 24 heavy (non-hydrogen) atoms. The smallest absolute Gasteiger partial charge is 0.317 e. The highest BCUT2D eigenvalue weighted by atomic mass is 16.5. The lowest BCUT2D eigenvalue weighted by Crippen LogP contribution is -2.42. The Morgan fingerprint density at radius 1 is 1.21 bits per heavy atom. The Morgan fingerprint density at radius 3 is 2.62 bits per heavy atom. The molecular weight excluding hydrogens is 310 g/mol. The minimum atomic E-state index is -0.124. The molecular formula is C17H25N3O4. The van der Waals surface area contributed by atoms with E-state index < -0.39 is 0 Å². The highest BCUT2D eigenvalue weighted by molar-refractivity contribution is 5.75. The van der Waals surface area contributed by atoms with Crippen LogP contribution in [0.15, 0.2) is 18.2 Å². The molecule has 2 rings (SSSR count). The van der Waals surface area contributed by atoms with Gasteiger partial charge in [-0.1, -0.05) is 0 Å². The zero-order valence-corrected chi connectivity index (χ0v) is 14.4. The molecule has 1 atom stereocenters. The van der Waals surface area contributed by atoms with Crippen molar-refractivity contribution in [3.63, 3.8) is 0 Å². The fraction of sp³-hybridized carbons (Fsp3) is 0.529. The molecule has 1 aliphatic rings. The largest absolute Gasteiger partial charge is 0.497 e. The van der Waals surface area contributed by atoms with Gasteiger partial charge in [-0.15, -0.1) is 0 Å². The van der Waals surface area contributed by atoms with E-state index in [1.807, 2.05) is 23.1 Å². The molecule has 1 aromatic rings. The van der Waals surface area contributed by atoms with E-state index in [1.165, 1.54) is 6.92 Å². The molecule has 1 heterocycles. The number of nitrogens with zero attached hydrogens (tertiary/aromatic N) is 1. The first-order valence-corrected chi connectivity index (χ1v) is 8.07. The van der Waals surface area contributed by atoms with Crippen LogP contribution < -0.4 is 20.1 Å². The number of methoxy groups -OCH3 is 2. The Kier molecular flexibility index (Phi) is 6.28. The number of nitrogens with one attached hydrogen (secondary N) is 2. The van der Waals surface area contributed by atoms with Gasteiger partial charge in [-0.05, 0) is 25.0 Å². The summed E-state index contributed by atoms with van der Waals surface area (Å²) in [7, 11) is 3.23. The molecule has 2 N–H and O–H groups in total. The first-order valence-electron chi connectivity index (χ1n) is 8.07. The lowest BCUT2D eigenvalue weighted by atomic mass is 10.0. The van der Waals surface area contributed by atoms with Crippen molar-refractivity contribution in [2.24, 2.45) is 0 Å². The zero-order chi connectivity index (χ0) is 17.5. The fourth-order valence-electron chi connectivity index (χ4n) is 2.94. The molecule has 1 saturated heterocycles. The summed E-state index contributed by atoms with van der Waals surface area (Å²) in [4.78, 5) is 25.1. The molecule has 3 amide bonds. The van der Waals surface area contributed by atoms with Gasteiger partial charge in [0.2, 0.25) is 5.91 Å². The van der Waals surface area contributed by atoms with Crippen molar-refractivity contribution in [3.8, 4) is 11.5 Å². The molecule has 7 nitrogen and oxygen atoms in total. The third-order valence-corrected chi connectivity index (χ3v) is 4.09. The number of likely N-dealkylation sites (tertiary alicyclic amines) is 1. The Balaban J connectivity index is 2.04. The summed E-state index contributed by atoms with van der Waals surface area (Å²) in [6.45, 7) is 2.98. The van der Waals surface area contributed by atoms with Crippen LogP contribution >= 0.6 is 0 Å². The quantitative estimate of drug-likeness (QED) is 0.775. The third-order valence-electron chi connectivity index (χ3n) is 4.09. The number of urea groups is 1. The predicted octanol–water partition coefficient (Wildman–Crippen LogP) is 1.69. The van der Waals surface area contributed by atoms with Crippen LogP contribution in [-0.2, 0) is 4.79 Å². The summed E-state index contributed by atoms with van der Waals surface area (Å²) in [6.07, 6.45) is 1.83. The topological polar surface area (TPSA) is 79.9 Å². The summed E-state index contributed by atoms with van der Waals surface area (Å²) < 4.78 is 10.7. The maximum absolute atomic E-state index is 12.4. The van der Waals surface area contributed by atoms with Gasteiger partial charge < -0.3 is 25.0 Å². The molecule has 7 heteroatoms. The number of amides is 3. The van der Waals surface area contributed by atoms with E-state index in [2.05, 4.69) is 10.6 Å². The number of benzene rings is 1. The van der Waals surface area contributed by atoms with Crippen LogP contribution in [0.2, 0.25) is 0 Å². The fourth-order valence-corrected chi connectivity index (χ4v) is 2.94. The van der Waals surface area contributed by atoms with E-state index in [0.717, 1.165) is 29.9 Å². The summed E-state index contributed by atoms with van der Waals surface area (Å²) in [6, 6.07) is 5.52. The number of ether oxygens (including phenoxy) is 2. The van der Waals surface area contributed by atoms with Crippen LogP contribution in [0.5, 0.6) is 11.5 Å². The maximum atomic E-state index is 12.4. The Bertz CT molecular complexity index is 591. The molecule has 0 aromatic heterocycles. The second-order valence-electron chi connectivity index (χ2n) is 5.67. The second-order valence-corrected chi connectivity index (χ2v) is 5.67. The van der Waals surface area contributed by atoms with Crippen molar-refractivity contribution in [1.29, 1.82) is 0 Å². The number of hydrogen-bond donors (Lipinski definition) is 2. The average molecular weight is 335 g/mol. The van der Waals surface area contributed by atoms with Gasteiger partial charge in [-0.25, -0.2) is 4.79 Å². The molecule has 0 bridgehead atoms. The highest BCUT2D eigenvalue weighted by Crippen LogP contribution is 2.38. The Hall–Kier alpha value is -2.44. The van der Waals surface area contributed by atoms with Crippen LogP contribution in [-0.4, -0.2) is 50.7 Å². The number of rotatable bonds is 6. The van der Waals surface area contributed by atoms with Crippen LogP contribution in [0.25, 0.3) is 0 Å². The van der Waals surface area contributed by atoms with E-state index in [9.17, 15) is 9.59 Å². The maximum Gasteiger partial charge on any atom is 0.317 e. The lowest BCUT2D eigenvalue weighted by molar-refractivity contribution is -0.118. The standard InChI is InChI=1S/C17H25N3O4/c1-12(21)18-8-9-19-17(22)20-10-4-5-15(20)14-7-6-13(23-2)11-16(14)24-3/h6-7,11,15H,4-5,8-10H2,1-3H3,(H,18,21)(H,19,22)/t15-/m1/s1. The molecule has 0 radical (unpaired) electrons. The van der Waals surface area contributed by atoms with Crippen LogP contribution in [0.3, 0.4) is 0 Å². The predicted molar refractivity (Wildman–Crippen MR) is 90.3 cm³/mol. The monoisotopic (exact) mass is 335 g/mol. The Morgan fingerprint density at radius 2 is 1.96 bits per heavy atom. The zero-order valence-electron chi connectivity index (χ0n) is 14.4. The van der Waals surface area contributed by atoms with Crippen molar-refractivity contribution in [2.75, 3.05) is 33.9 Å². The van der Waals surface area contributed by atoms with Crippen molar-refractivity contribution < 1.29 is 19.1 Å². The number of carbonyl (C=O) groups is 2. The van der Waals surface area contributed by atoms with Gasteiger partial charge in [0, 0.05) is 38.2 Å². The van der Waals surface area contributed by atoms with Crippen LogP contribution in [0, 0.1) is 0 Å². The van der Waals surface area contributed by atoms with Gasteiger partial charge in [-0.2, -0.15) is 0 Å². The normalized spacial score (nSPS) is 16.6. The summed E-state index contributed by atoms with van der Waals surface area (Å²) in [5, 5.41) is 5.51. The Labute approximate surface area is 142 Å². The van der Waals surface area contributed by atoms with Gasteiger partial charge in [-0.3, -0.25) is 4.79 Å². The first-order chi connectivity index (χ1) is 11.6. The SMILES string of the molecule is COc1ccc([C@H]2CCCN2C(=O)NCCNC(C)=O)c(OC)c1. The first kappa shape index (κ1) is 17.9. The highest BCUT2D eigenvalue weighted by Gasteiger charge is 2.31. The number of carbonyl (C=O) groups excluding carboxylic acids is 2. The minimum Gasteiger partial charge on any atom is -0.497 e. The third kappa shape index (κ3) is 4.31. The molecule has 0 saturated carbocycles. The molecule has 0 aliphatic carbocycles. The molecule has 1 aromatic carbocycles. The van der Waals surface area contributed by atoms with Crippen molar-refractivity contribution in [1.82, 2.24) is 15.5 Å². The number of hydrogen-bond acceptors (Lipinski definition) is 4. The molecule has 0 unspecified atom stereocenters. The van der Waals surface area contributed by atoms with Crippen LogP contribution in [0.4, 0.5) is 4.79 Å². The van der Waals surface area contributed by atoms with E-state index in [0.29, 0.717) is 19.6 Å². The van der Waals surface area contributed by atoms with E-state index >= 15 is 0 Å².